The van der Waals surface area contributed by atoms with Gasteiger partial charge in [-0.05, 0) is 42.8 Å². The third-order valence-electron chi connectivity index (χ3n) is 3.15. The molecule has 5 nitrogen and oxygen atoms in total. The lowest BCUT2D eigenvalue weighted by atomic mass is 10.2. The van der Waals surface area contributed by atoms with Crippen molar-refractivity contribution in [2.24, 2.45) is 0 Å². The first kappa shape index (κ1) is 16.8. The van der Waals surface area contributed by atoms with Gasteiger partial charge in [0.2, 0.25) is 5.91 Å². The van der Waals surface area contributed by atoms with E-state index in [0.29, 0.717) is 29.2 Å². The Hall–Kier alpha value is -2.53. The molecule has 120 valence electrons. The van der Waals surface area contributed by atoms with Crippen molar-refractivity contribution in [3.8, 4) is 5.75 Å². The molecular formula is C17H17ClN2O3. The largest absolute Gasteiger partial charge is 0.506 e. The molecule has 0 aliphatic rings. The molecule has 2 aromatic carbocycles. The van der Waals surface area contributed by atoms with Crippen LogP contribution in [0.2, 0.25) is 5.02 Å². The second-order valence-electron chi connectivity index (χ2n) is 4.93. The first-order valence-corrected chi connectivity index (χ1v) is 7.55. The van der Waals surface area contributed by atoms with Crippen LogP contribution in [0, 0.1) is 0 Å². The van der Waals surface area contributed by atoms with Crippen LogP contribution in [0.1, 0.15) is 23.2 Å². The fourth-order valence-corrected chi connectivity index (χ4v) is 2.07. The van der Waals surface area contributed by atoms with Crippen LogP contribution in [0.3, 0.4) is 0 Å². The normalized spacial score (nSPS) is 10.1. The highest BCUT2D eigenvalue weighted by Gasteiger charge is 2.07. The predicted octanol–water partition coefficient (Wildman–Crippen LogP) is 3.19. The molecule has 3 N–H and O–H groups in total. The molecule has 0 aliphatic carbocycles. The Labute approximate surface area is 139 Å². The van der Waals surface area contributed by atoms with Crippen LogP contribution in [-0.2, 0) is 4.79 Å². The van der Waals surface area contributed by atoms with E-state index in [1.807, 2.05) is 0 Å². The molecule has 0 bridgehead atoms. The van der Waals surface area contributed by atoms with Crippen LogP contribution in [0.15, 0.2) is 48.5 Å². The predicted molar refractivity (Wildman–Crippen MR) is 89.8 cm³/mol. The van der Waals surface area contributed by atoms with Crippen LogP contribution in [0.4, 0.5) is 5.69 Å². The maximum atomic E-state index is 11.8. The molecule has 2 rings (SSSR count). The summed E-state index contributed by atoms with van der Waals surface area (Å²) in [6, 6.07) is 13.1. The highest BCUT2D eigenvalue weighted by Crippen LogP contribution is 2.21. The van der Waals surface area contributed by atoms with Crippen molar-refractivity contribution >= 4 is 29.1 Å². The summed E-state index contributed by atoms with van der Waals surface area (Å²) in [4.78, 5) is 23.6. The molecule has 0 fully saturated rings. The first-order valence-electron chi connectivity index (χ1n) is 7.18. The Morgan fingerprint density at radius 1 is 1.04 bits per heavy atom. The zero-order chi connectivity index (χ0) is 16.7. The van der Waals surface area contributed by atoms with E-state index < -0.39 is 0 Å². The number of hydrogen-bond donors (Lipinski definition) is 3. The van der Waals surface area contributed by atoms with E-state index in [-0.39, 0.29) is 24.0 Å². The van der Waals surface area contributed by atoms with E-state index in [9.17, 15) is 14.7 Å². The van der Waals surface area contributed by atoms with Crippen molar-refractivity contribution in [2.75, 3.05) is 11.9 Å². The Morgan fingerprint density at radius 2 is 1.74 bits per heavy atom. The molecule has 0 spiro atoms. The smallest absolute Gasteiger partial charge is 0.251 e. The summed E-state index contributed by atoms with van der Waals surface area (Å²) in [5, 5.41) is 15.5. The highest BCUT2D eigenvalue weighted by atomic mass is 35.5. The molecule has 2 amide bonds. The molecule has 0 atom stereocenters. The number of aromatic hydroxyl groups is 1. The van der Waals surface area contributed by atoms with E-state index in [0.717, 1.165) is 0 Å². The van der Waals surface area contributed by atoms with E-state index in [1.165, 1.54) is 6.07 Å². The molecule has 0 radical (unpaired) electrons. The number of halogens is 1. The lowest BCUT2D eigenvalue weighted by Gasteiger charge is -2.08. The van der Waals surface area contributed by atoms with Gasteiger partial charge in [0.05, 0.1) is 5.69 Å². The number of phenolic OH excluding ortho intramolecular Hbond substituents is 1. The molecule has 0 saturated heterocycles. The van der Waals surface area contributed by atoms with E-state index in [1.54, 1.807) is 42.5 Å². The van der Waals surface area contributed by atoms with Crippen molar-refractivity contribution in [3.05, 3.63) is 59.1 Å². The molecule has 0 heterocycles. The van der Waals surface area contributed by atoms with Gasteiger partial charge in [-0.2, -0.15) is 0 Å². The Balaban J connectivity index is 1.71. The van der Waals surface area contributed by atoms with Crippen molar-refractivity contribution in [3.63, 3.8) is 0 Å². The lowest BCUT2D eigenvalue weighted by molar-refractivity contribution is -0.116. The number of carbonyl (C=O) groups is 2. The average Bonchev–Trinajstić information content (AvgIpc) is 2.54. The monoisotopic (exact) mass is 332 g/mol. The van der Waals surface area contributed by atoms with Gasteiger partial charge >= 0.3 is 0 Å². The zero-order valence-electron chi connectivity index (χ0n) is 12.4. The van der Waals surface area contributed by atoms with Crippen molar-refractivity contribution in [1.29, 1.82) is 0 Å². The lowest BCUT2D eigenvalue weighted by Crippen LogP contribution is -2.25. The summed E-state index contributed by atoms with van der Waals surface area (Å²) in [6.45, 7) is 0.385. The summed E-state index contributed by atoms with van der Waals surface area (Å²) >= 11 is 5.76. The number of rotatable bonds is 6. The standard InChI is InChI=1S/C17H17ClN2O3/c18-13-9-7-12(8-10-13)17(23)19-11-3-6-16(22)20-14-4-1-2-5-15(14)21/h1-2,4-5,7-10,21H,3,6,11H2,(H,19,23)(H,20,22). The number of hydrogen-bond acceptors (Lipinski definition) is 3. The number of amides is 2. The molecule has 0 saturated carbocycles. The van der Waals surface area contributed by atoms with Gasteiger partial charge in [0.25, 0.3) is 5.91 Å². The van der Waals surface area contributed by atoms with Crippen LogP contribution in [0.25, 0.3) is 0 Å². The Bertz CT molecular complexity index is 686. The second-order valence-corrected chi connectivity index (χ2v) is 5.37. The number of phenols is 1. The third kappa shape index (κ3) is 5.30. The number of anilines is 1. The van der Waals surface area contributed by atoms with Gasteiger partial charge in [-0.1, -0.05) is 23.7 Å². The molecule has 0 aliphatic heterocycles. The SMILES string of the molecule is O=C(CCCNC(=O)c1ccc(Cl)cc1)Nc1ccccc1O. The summed E-state index contributed by atoms with van der Waals surface area (Å²) in [5.41, 5.74) is 0.899. The fourth-order valence-electron chi connectivity index (χ4n) is 1.95. The van der Waals surface area contributed by atoms with E-state index >= 15 is 0 Å². The van der Waals surface area contributed by atoms with Crippen LogP contribution in [-0.4, -0.2) is 23.5 Å². The molecular weight excluding hydrogens is 316 g/mol. The average molecular weight is 333 g/mol. The molecule has 0 aromatic heterocycles. The van der Waals surface area contributed by atoms with Gasteiger partial charge in [-0.15, -0.1) is 0 Å². The minimum Gasteiger partial charge on any atom is -0.506 e. The quantitative estimate of drug-likeness (QED) is 0.561. The van der Waals surface area contributed by atoms with Crippen LogP contribution in [0.5, 0.6) is 5.75 Å². The number of carbonyl (C=O) groups excluding carboxylic acids is 2. The molecule has 2 aromatic rings. The van der Waals surface area contributed by atoms with Crippen LogP contribution >= 0.6 is 11.6 Å². The summed E-state index contributed by atoms with van der Waals surface area (Å²) in [7, 11) is 0. The Morgan fingerprint density at radius 3 is 2.43 bits per heavy atom. The maximum absolute atomic E-state index is 11.8. The minimum atomic E-state index is -0.216. The number of nitrogens with one attached hydrogen (secondary N) is 2. The topological polar surface area (TPSA) is 78.4 Å². The maximum Gasteiger partial charge on any atom is 0.251 e. The summed E-state index contributed by atoms with van der Waals surface area (Å²) in [6.07, 6.45) is 0.744. The second kappa shape index (κ2) is 8.19. The van der Waals surface area contributed by atoms with Crippen LogP contribution < -0.4 is 10.6 Å². The highest BCUT2D eigenvalue weighted by molar-refractivity contribution is 6.30. The van der Waals surface area contributed by atoms with Gasteiger partial charge < -0.3 is 15.7 Å². The van der Waals surface area contributed by atoms with Crippen molar-refractivity contribution < 1.29 is 14.7 Å². The van der Waals surface area contributed by atoms with E-state index in [2.05, 4.69) is 10.6 Å². The molecule has 0 unspecified atom stereocenters. The molecule has 6 heteroatoms. The van der Waals surface area contributed by atoms with Gasteiger partial charge in [-0.3, -0.25) is 9.59 Å². The molecule has 23 heavy (non-hydrogen) atoms. The summed E-state index contributed by atoms with van der Waals surface area (Å²) in [5.74, 6) is -0.396. The summed E-state index contributed by atoms with van der Waals surface area (Å²) < 4.78 is 0. The van der Waals surface area contributed by atoms with E-state index in [4.69, 9.17) is 11.6 Å². The van der Waals surface area contributed by atoms with Gasteiger partial charge in [0, 0.05) is 23.6 Å². The Kier molecular flexibility index (Phi) is 6.00. The van der Waals surface area contributed by atoms with Gasteiger partial charge in [-0.25, -0.2) is 0 Å². The zero-order valence-corrected chi connectivity index (χ0v) is 13.1. The number of para-hydroxylation sites is 2. The minimum absolute atomic E-state index is 0.0249. The third-order valence-corrected chi connectivity index (χ3v) is 3.40. The van der Waals surface area contributed by atoms with Crippen molar-refractivity contribution in [2.45, 2.75) is 12.8 Å². The fraction of sp³-hybridized carbons (Fsp3) is 0.176. The first-order chi connectivity index (χ1) is 11.1. The number of benzene rings is 2. The van der Waals surface area contributed by atoms with Gasteiger partial charge in [0.1, 0.15) is 5.75 Å². The van der Waals surface area contributed by atoms with Gasteiger partial charge in [0.15, 0.2) is 0 Å². The van der Waals surface area contributed by atoms with Crippen molar-refractivity contribution in [1.82, 2.24) is 5.32 Å².